The fraction of sp³-hybridized carbons (Fsp3) is 0.704. The lowest BCUT2D eigenvalue weighted by atomic mass is 9.80. The van der Waals surface area contributed by atoms with Crippen LogP contribution in [0.25, 0.3) is 5.65 Å². The van der Waals surface area contributed by atoms with Crippen LogP contribution in [0.5, 0.6) is 0 Å². The van der Waals surface area contributed by atoms with Gasteiger partial charge in [-0.3, -0.25) is 4.79 Å². The fourth-order valence-electron chi connectivity index (χ4n) is 5.63. The van der Waals surface area contributed by atoms with E-state index in [-0.39, 0.29) is 24.7 Å². The standard InChI is InChI=1S/C27H38F3N5O4/c1-16-12-22(35-23(31-16)13-20(33-35)17-7-9-19(10-8-17)27(28,29)30)18-6-5-11-34(14-18)24(37)21(15-36)32-25(38)39-26(2,3)4/h12-13,17-19,21,36H,5-11,14-15H2,1-4H3,(H,32,38)/t17?,18-,19?,21+/m1/s1. The highest BCUT2D eigenvalue weighted by atomic mass is 19.4. The number of halogens is 3. The summed E-state index contributed by atoms with van der Waals surface area (Å²) in [6.45, 7) is 7.31. The zero-order valence-electron chi connectivity index (χ0n) is 22.9. The van der Waals surface area contributed by atoms with Gasteiger partial charge in [0, 0.05) is 36.7 Å². The van der Waals surface area contributed by atoms with Gasteiger partial charge in [-0.25, -0.2) is 14.3 Å². The molecule has 2 aromatic heterocycles. The Morgan fingerprint density at radius 3 is 2.44 bits per heavy atom. The number of hydrogen-bond donors (Lipinski definition) is 2. The maximum absolute atomic E-state index is 13.2. The highest BCUT2D eigenvalue weighted by Gasteiger charge is 2.42. The topological polar surface area (TPSA) is 109 Å². The van der Waals surface area contributed by atoms with Crippen LogP contribution in [0.3, 0.4) is 0 Å². The largest absolute Gasteiger partial charge is 0.444 e. The van der Waals surface area contributed by atoms with Crippen LogP contribution >= 0.6 is 0 Å². The van der Waals surface area contributed by atoms with Crippen molar-refractivity contribution in [3.8, 4) is 0 Å². The van der Waals surface area contributed by atoms with Crippen molar-refractivity contribution in [1.82, 2.24) is 24.8 Å². The molecule has 2 aliphatic rings. The molecule has 2 atom stereocenters. The lowest BCUT2D eigenvalue weighted by Crippen LogP contribution is -2.53. The number of alkyl carbamates (subject to hydrolysis) is 1. The summed E-state index contributed by atoms with van der Waals surface area (Å²) in [6.07, 6.45) is -2.34. The zero-order chi connectivity index (χ0) is 28.5. The van der Waals surface area contributed by atoms with Gasteiger partial charge in [0.2, 0.25) is 5.91 Å². The van der Waals surface area contributed by atoms with E-state index in [4.69, 9.17) is 9.84 Å². The molecule has 12 heteroatoms. The van der Waals surface area contributed by atoms with Crippen LogP contribution in [0.4, 0.5) is 18.0 Å². The Kier molecular flexibility index (Phi) is 8.44. The Bertz CT molecular complexity index is 1180. The first kappa shape index (κ1) is 29.1. The first-order valence-corrected chi connectivity index (χ1v) is 13.6. The molecule has 216 valence electrons. The van der Waals surface area contributed by atoms with Crippen LogP contribution in [0.15, 0.2) is 12.1 Å². The number of likely N-dealkylation sites (tertiary alicyclic amines) is 1. The number of aliphatic hydroxyl groups is 1. The summed E-state index contributed by atoms with van der Waals surface area (Å²) >= 11 is 0. The molecular formula is C27H38F3N5O4. The predicted octanol–water partition coefficient (Wildman–Crippen LogP) is 4.47. The van der Waals surface area contributed by atoms with Gasteiger partial charge in [-0.15, -0.1) is 0 Å². The molecule has 2 fully saturated rings. The van der Waals surface area contributed by atoms with Crippen molar-refractivity contribution >= 4 is 17.6 Å². The minimum Gasteiger partial charge on any atom is -0.444 e. The minimum absolute atomic E-state index is 0.0490. The smallest absolute Gasteiger partial charge is 0.408 e. The molecular weight excluding hydrogens is 515 g/mol. The van der Waals surface area contributed by atoms with E-state index in [1.807, 2.05) is 19.1 Å². The molecule has 39 heavy (non-hydrogen) atoms. The maximum atomic E-state index is 13.2. The summed E-state index contributed by atoms with van der Waals surface area (Å²) < 4.78 is 46.4. The van der Waals surface area contributed by atoms with Crippen molar-refractivity contribution in [2.75, 3.05) is 19.7 Å². The van der Waals surface area contributed by atoms with Gasteiger partial charge in [-0.1, -0.05) is 0 Å². The Morgan fingerprint density at radius 2 is 1.82 bits per heavy atom. The van der Waals surface area contributed by atoms with E-state index >= 15 is 0 Å². The molecule has 1 aliphatic carbocycles. The third kappa shape index (κ3) is 7.01. The van der Waals surface area contributed by atoms with E-state index < -0.39 is 42.3 Å². The van der Waals surface area contributed by atoms with Gasteiger partial charge in [-0.2, -0.15) is 18.3 Å². The van der Waals surface area contributed by atoms with Gasteiger partial charge in [-0.05, 0) is 72.3 Å². The number of piperidine rings is 1. The molecule has 1 saturated heterocycles. The Labute approximate surface area is 226 Å². The number of hydrogen-bond acceptors (Lipinski definition) is 6. The number of amides is 2. The number of fused-ring (bicyclic) bond motifs is 1. The second kappa shape index (κ2) is 11.3. The number of aryl methyl sites for hydroxylation is 1. The van der Waals surface area contributed by atoms with Crippen molar-refractivity contribution in [3.05, 3.63) is 29.2 Å². The van der Waals surface area contributed by atoms with E-state index in [1.54, 1.807) is 30.2 Å². The average Bonchev–Trinajstić information content (AvgIpc) is 3.29. The van der Waals surface area contributed by atoms with Crippen LogP contribution in [-0.2, 0) is 9.53 Å². The van der Waals surface area contributed by atoms with Crippen molar-refractivity contribution in [2.24, 2.45) is 5.92 Å². The molecule has 0 spiro atoms. The molecule has 0 radical (unpaired) electrons. The van der Waals surface area contributed by atoms with Crippen molar-refractivity contribution < 1.29 is 32.6 Å². The number of alkyl halides is 3. The van der Waals surface area contributed by atoms with Crippen molar-refractivity contribution in [3.63, 3.8) is 0 Å². The summed E-state index contributed by atoms with van der Waals surface area (Å²) in [5.41, 5.74) is 2.31. The first-order chi connectivity index (χ1) is 18.2. The van der Waals surface area contributed by atoms with Gasteiger partial charge in [0.05, 0.1) is 23.9 Å². The molecule has 1 saturated carbocycles. The molecule has 1 aliphatic heterocycles. The quantitative estimate of drug-likeness (QED) is 0.566. The molecule has 0 unspecified atom stereocenters. The number of nitrogens with one attached hydrogen (secondary N) is 1. The third-order valence-corrected chi connectivity index (χ3v) is 7.53. The van der Waals surface area contributed by atoms with Crippen LogP contribution in [-0.4, -0.2) is 74.1 Å². The summed E-state index contributed by atoms with van der Waals surface area (Å²) in [5, 5.41) is 17.1. The molecule has 3 heterocycles. The predicted molar refractivity (Wildman–Crippen MR) is 137 cm³/mol. The van der Waals surface area contributed by atoms with Gasteiger partial charge in [0.1, 0.15) is 11.6 Å². The molecule has 0 bridgehead atoms. The summed E-state index contributed by atoms with van der Waals surface area (Å²) in [4.78, 5) is 31.7. The number of ether oxygens (including phenoxy) is 1. The number of carbonyl (C=O) groups excluding carboxylic acids is 2. The van der Waals surface area contributed by atoms with E-state index in [9.17, 15) is 27.9 Å². The van der Waals surface area contributed by atoms with E-state index in [1.165, 1.54) is 0 Å². The van der Waals surface area contributed by atoms with Gasteiger partial charge in [0.25, 0.3) is 0 Å². The van der Waals surface area contributed by atoms with Gasteiger partial charge >= 0.3 is 12.3 Å². The van der Waals surface area contributed by atoms with Crippen LogP contribution in [0.2, 0.25) is 0 Å². The van der Waals surface area contributed by atoms with E-state index in [0.717, 1.165) is 29.9 Å². The second-order valence-corrected chi connectivity index (χ2v) is 11.8. The van der Waals surface area contributed by atoms with Crippen LogP contribution < -0.4 is 5.32 Å². The second-order valence-electron chi connectivity index (χ2n) is 11.8. The Hall–Kier alpha value is -2.89. The van der Waals surface area contributed by atoms with Gasteiger partial charge in [0.15, 0.2) is 5.65 Å². The number of aliphatic hydroxyl groups excluding tert-OH is 1. The summed E-state index contributed by atoms with van der Waals surface area (Å²) in [6, 6.07) is 2.68. The van der Waals surface area contributed by atoms with Crippen LogP contribution in [0.1, 0.15) is 88.2 Å². The molecule has 9 nitrogen and oxygen atoms in total. The minimum atomic E-state index is -4.16. The average molecular weight is 554 g/mol. The third-order valence-electron chi connectivity index (χ3n) is 7.53. The van der Waals surface area contributed by atoms with E-state index in [0.29, 0.717) is 31.6 Å². The lowest BCUT2D eigenvalue weighted by molar-refractivity contribution is -0.182. The van der Waals surface area contributed by atoms with Gasteiger partial charge < -0.3 is 20.1 Å². The van der Waals surface area contributed by atoms with Crippen LogP contribution in [0, 0.1) is 12.8 Å². The molecule has 4 rings (SSSR count). The molecule has 2 amide bonds. The number of nitrogens with zero attached hydrogens (tertiary/aromatic N) is 4. The van der Waals surface area contributed by atoms with E-state index in [2.05, 4.69) is 10.3 Å². The zero-order valence-corrected chi connectivity index (χ0v) is 22.9. The fourth-order valence-corrected chi connectivity index (χ4v) is 5.63. The lowest BCUT2D eigenvalue weighted by Gasteiger charge is -2.35. The van der Waals surface area contributed by atoms with Crippen molar-refractivity contribution in [2.45, 2.75) is 95.9 Å². The first-order valence-electron chi connectivity index (χ1n) is 13.6. The molecule has 0 aromatic carbocycles. The highest BCUT2D eigenvalue weighted by molar-refractivity contribution is 5.86. The van der Waals surface area contributed by atoms with Crippen molar-refractivity contribution in [1.29, 1.82) is 0 Å². The Balaban J connectivity index is 1.50. The normalized spacial score (nSPS) is 23.5. The summed E-state index contributed by atoms with van der Waals surface area (Å²) in [5.74, 6) is -1.76. The highest BCUT2D eigenvalue weighted by Crippen LogP contribution is 2.43. The molecule has 2 N–H and O–H groups in total. The number of rotatable bonds is 5. The molecule has 2 aromatic rings. The Morgan fingerprint density at radius 1 is 1.13 bits per heavy atom. The monoisotopic (exact) mass is 553 g/mol. The summed E-state index contributed by atoms with van der Waals surface area (Å²) in [7, 11) is 0. The number of carbonyl (C=O) groups is 2. The SMILES string of the molecule is Cc1cc([C@@H]2CCCN(C(=O)[C@H](CO)NC(=O)OC(C)(C)C)C2)n2nc(C3CCC(C(F)(F)F)CC3)cc2n1. The number of aromatic nitrogens is 3. The maximum Gasteiger partial charge on any atom is 0.408 e.